The topological polar surface area (TPSA) is 115 Å². The first kappa shape index (κ1) is 18.2. The molecule has 0 aromatic carbocycles. The minimum absolute atomic E-state index is 0.164. The van der Waals surface area contributed by atoms with E-state index >= 15 is 0 Å². The maximum atomic E-state index is 12.7. The number of nitrogens with one attached hydrogen (secondary N) is 1. The number of nitrogens with two attached hydrogens (primary N) is 1. The zero-order valence-corrected chi connectivity index (χ0v) is 16.4. The Balaban J connectivity index is 1.38. The molecule has 1 saturated heterocycles. The molecule has 1 aliphatic heterocycles. The molecule has 5 rings (SSSR count). The number of rotatable bonds is 4. The van der Waals surface area contributed by atoms with Gasteiger partial charge in [-0.25, -0.2) is 9.97 Å². The molecule has 0 aliphatic carbocycles. The van der Waals surface area contributed by atoms with Gasteiger partial charge in [0.2, 0.25) is 0 Å². The second kappa shape index (κ2) is 7.20. The molecule has 4 aromatic rings. The highest BCUT2D eigenvalue weighted by molar-refractivity contribution is 6.05. The molecule has 1 amide bonds. The van der Waals surface area contributed by atoms with Gasteiger partial charge < -0.3 is 16.0 Å². The van der Waals surface area contributed by atoms with Crippen molar-refractivity contribution in [3.8, 4) is 11.3 Å². The van der Waals surface area contributed by atoms with Crippen LogP contribution in [0, 0.1) is 0 Å². The van der Waals surface area contributed by atoms with E-state index in [4.69, 9.17) is 5.73 Å². The molecule has 4 aromatic heterocycles. The molecule has 9 heteroatoms. The van der Waals surface area contributed by atoms with Crippen LogP contribution in [0.2, 0.25) is 0 Å². The van der Waals surface area contributed by atoms with E-state index in [0.29, 0.717) is 11.4 Å². The van der Waals surface area contributed by atoms with Crippen LogP contribution >= 0.6 is 0 Å². The molecule has 150 valence electrons. The van der Waals surface area contributed by atoms with Crippen molar-refractivity contribution >= 4 is 28.3 Å². The molecular weight excluding hydrogens is 380 g/mol. The number of carbonyl (C=O) groups is 1. The Morgan fingerprint density at radius 1 is 1.10 bits per heavy atom. The van der Waals surface area contributed by atoms with Crippen LogP contribution in [0.15, 0.2) is 55.2 Å². The number of anilines is 2. The molecule has 3 N–H and O–H groups in total. The highest BCUT2D eigenvalue weighted by Crippen LogP contribution is 2.23. The molecule has 1 aliphatic rings. The van der Waals surface area contributed by atoms with Crippen LogP contribution in [0.25, 0.3) is 22.0 Å². The summed E-state index contributed by atoms with van der Waals surface area (Å²) < 4.78 is 1.73. The summed E-state index contributed by atoms with van der Waals surface area (Å²) in [5.41, 5.74) is 8.09. The van der Waals surface area contributed by atoms with Gasteiger partial charge in [-0.3, -0.25) is 14.5 Å². The normalized spacial score (nSPS) is 14.0. The van der Waals surface area contributed by atoms with Crippen LogP contribution in [0.5, 0.6) is 0 Å². The van der Waals surface area contributed by atoms with Crippen LogP contribution in [0.3, 0.4) is 0 Å². The molecule has 0 radical (unpaired) electrons. The monoisotopic (exact) mass is 400 g/mol. The lowest BCUT2D eigenvalue weighted by Gasteiger charge is -2.37. The molecule has 0 unspecified atom stereocenters. The van der Waals surface area contributed by atoms with Gasteiger partial charge in [0.1, 0.15) is 11.6 Å². The number of fused-ring (bicyclic) bond motifs is 1. The van der Waals surface area contributed by atoms with E-state index in [2.05, 4.69) is 25.4 Å². The molecule has 0 saturated carbocycles. The summed E-state index contributed by atoms with van der Waals surface area (Å²) in [5.74, 6) is 0.986. The summed E-state index contributed by atoms with van der Waals surface area (Å²) in [4.78, 5) is 27.9. The van der Waals surface area contributed by atoms with Crippen molar-refractivity contribution in [2.75, 3.05) is 23.3 Å². The third-order valence-corrected chi connectivity index (χ3v) is 5.09. The minimum Gasteiger partial charge on any atom is -0.353 e. The number of aryl methyl sites for hydroxylation is 1. The van der Waals surface area contributed by atoms with E-state index in [0.717, 1.165) is 40.9 Å². The first-order chi connectivity index (χ1) is 14.5. The Labute approximate surface area is 172 Å². The van der Waals surface area contributed by atoms with Gasteiger partial charge >= 0.3 is 0 Å². The van der Waals surface area contributed by atoms with Crippen molar-refractivity contribution in [3.05, 3.63) is 60.8 Å². The van der Waals surface area contributed by atoms with Crippen molar-refractivity contribution in [1.82, 2.24) is 24.7 Å². The number of nitrogens with zero attached hydrogens (tertiary/aromatic N) is 6. The van der Waals surface area contributed by atoms with Gasteiger partial charge in [0.25, 0.3) is 5.91 Å². The summed E-state index contributed by atoms with van der Waals surface area (Å²) in [7, 11) is 1.86. The highest BCUT2D eigenvalue weighted by Gasteiger charge is 2.24. The molecule has 9 nitrogen and oxygen atoms in total. The Morgan fingerprint density at radius 3 is 2.70 bits per heavy atom. The average molecular weight is 400 g/mol. The summed E-state index contributed by atoms with van der Waals surface area (Å²) >= 11 is 0. The number of carbonyl (C=O) groups excluding carboxylic acids is 1. The van der Waals surface area contributed by atoms with Crippen LogP contribution < -0.4 is 16.0 Å². The second-order valence-electron chi connectivity index (χ2n) is 7.41. The lowest BCUT2D eigenvalue weighted by Crippen LogP contribution is -2.56. The van der Waals surface area contributed by atoms with Crippen LogP contribution in [-0.4, -0.2) is 49.8 Å². The smallest absolute Gasteiger partial charge is 0.257 e. The van der Waals surface area contributed by atoms with Crippen molar-refractivity contribution in [3.63, 3.8) is 0 Å². The van der Waals surface area contributed by atoms with E-state index in [-0.39, 0.29) is 11.9 Å². The van der Waals surface area contributed by atoms with E-state index in [1.54, 1.807) is 41.6 Å². The fourth-order valence-electron chi connectivity index (χ4n) is 3.44. The molecule has 0 bridgehead atoms. The molecule has 0 spiro atoms. The third-order valence-electron chi connectivity index (χ3n) is 5.09. The predicted octanol–water partition coefficient (Wildman–Crippen LogP) is 1.82. The average Bonchev–Trinajstić information content (AvgIpc) is 3.17. The zero-order valence-electron chi connectivity index (χ0n) is 16.4. The standard InChI is InChI=1S/C21H20N8O/c1-28-10-16(9-26-28)18-4-14-5-19(25-8-15(14)7-24-18)27-21(30)13-2-3-23-20(6-13)29-11-17(22)12-29/h2-10,17H,11-12,22H2,1H3,(H,25,27,30). The molecule has 1 fully saturated rings. The second-order valence-corrected chi connectivity index (χ2v) is 7.41. The molecule has 0 atom stereocenters. The number of hydrogen-bond acceptors (Lipinski definition) is 7. The summed E-state index contributed by atoms with van der Waals surface area (Å²) in [6, 6.07) is 7.42. The molecule has 5 heterocycles. The van der Waals surface area contributed by atoms with Crippen LogP contribution in [-0.2, 0) is 7.05 Å². The number of hydrogen-bond donors (Lipinski definition) is 2. The van der Waals surface area contributed by atoms with Gasteiger partial charge in [0, 0.05) is 67.5 Å². The fourth-order valence-corrected chi connectivity index (χ4v) is 3.44. The summed E-state index contributed by atoms with van der Waals surface area (Å²) in [6.07, 6.45) is 8.77. The van der Waals surface area contributed by atoms with Gasteiger partial charge in [-0.15, -0.1) is 0 Å². The minimum atomic E-state index is -0.239. The number of pyridine rings is 3. The van der Waals surface area contributed by atoms with Gasteiger partial charge in [-0.05, 0) is 29.7 Å². The van der Waals surface area contributed by atoms with E-state index in [9.17, 15) is 4.79 Å². The zero-order chi connectivity index (χ0) is 20.7. The molecular formula is C21H20N8O. The highest BCUT2D eigenvalue weighted by atomic mass is 16.1. The van der Waals surface area contributed by atoms with Crippen LogP contribution in [0.4, 0.5) is 11.6 Å². The van der Waals surface area contributed by atoms with Gasteiger partial charge in [0.05, 0.1) is 11.9 Å². The van der Waals surface area contributed by atoms with Crippen LogP contribution in [0.1, 0.15) is 10.4 Å². The first-order valence-electron chi connectivity index (χ1n) is 9.58. The number of amides is 1. The third kappa shape index (κ3) is 3.46. The summed E-state index contributed by atoms with van der Waals surface area (Å²) in [5, 5.41) is 8.88. The SMILES string of the molecule is Cn1cc(-c2cc3cc(NC(=O)c4ccnc(N5CC(N)C5)c4)ncc3cn2)cn1. The number of aromatic nitrogens is 5. The van der Waals surface area contributed by atoms with Gasteiger partial charge in [-0.1, -0.05) is 0 Å². The van der Waals surface area contributed by atoms with Crippen molar-refractivity contribution in [1.29, 1.82) is 0 Å². The maximum Gasteiger partial charge on any atom is 0.257 e. The quantitative estimate of drug-likeness (QED) is 0.537. The first-order valence-corrected chi connectivity index (χ1v) is 9.58. The predicted molar refractivity (Wildman–Crippen MR) is 114 cm³/mol. The van der Waals surface area contributed by atoms with E-state index in [1.165, 1.54) is 0 Å². The van der Waals surface area contributed by atoms with Crippen molar-refractivity contribution in [2.24, 2.45) is 12.8 Å². The Morgan fingerprint density at radius 2 is 1.93 bits per heavy atom. The lowest BCUT2D eigenvalue weighted by molar-refractivity contribution is 0.102. The Kier molecular flexibility index (Phi) is 4.36. The van der Waals surface area contributed by atoms with E-state index in [1.807, 2.05) is 30.3 Å². The maximum absolute atomic E-state index is 12.7. The largest absolute Gasteiger partial charge is 0.353 e. The lowest BCUT2D eigenvalue weighted by atomic mass is 10.1. The van der Waals surface area contributed by atoms with Crippen molar-refractivity contribution < 1.29 is 4.79 Å². The van der Waals surface area contributed by atoms with Gasteiger partial charge in [0.15, 0.2) is 0 Å². The van der Waals surface area contributed by atoms with Crippen molar-refractivity contribution in [2.45, 2.75) is 6.04 Å². The molecule has 30 heavy (non-hydrogen) atoms. The summed E-state index contributed by atoms with van der Waals surface area (Å²) in [6.45, 7) is 1.50. The van der Waals surface area contributed by atoms with Gasteiger partial charge in [-0.2, -0.15) is 5.10 Å². The Bertz CT molecular complexity index is 1240. The Hall–Kier alpha value is -3.85. The fraction of sp³-hybridized carbons (Fsp3) is 0.190. The van der Waals surface area contributed by atoms with E-state index < -0.39 is 0 Å².